The number of hydrogen-bond acceptors (Lipinski definition) is 3. The van der Waals surface area contributed by atoms with Crippen molar-refractivity contribution in [1.29, 1.82) is 0 Å². The monoisotopic (exact) mass is 310 g/mol. The van der Waals surface area contributed by atoms with Crippen LogP contribution in [0.5, 0.6) is 0 Å². The van der Waals surface area contributed by atoms with Crippen molar-refractivity contribution in [2.45, 2.75) is 38.1 Å². The second-order valence-corrected chi connectivity index (χ2v) is 7.74. The van der Waals surface area contributed by atoms with Crippen LogP contribution in [0.2, 0.25) is 0 Å². The maximum absolute atomic E-state index is 11.1. The topological polar surface area (TPSA) is 58.2 Å². The minimum Gasteiger partial charge on any atom is -0.308 e. The van der Waals surface area contributed by atoms with E-state index in [0.717, 1.165) is 0 Å². The Morgan fingerprint density at radius 3 is 2.38 bits per heavy atom. The van der Waals surface area contributed by atoms with Gasteiger partial charge in [-0.1, -0.05) is 49.6 Å². The summed E-state index contributed by atoms with van der Waals surface area (Å²) in [6, 6.07) is 10.8. The van der Waals surface area contributed by atoms with Crippen molar-refractivity contribution in [3.05, 3.63) is 35.9 Å². The summed E-state index contributed by atoms with van der Waals surface area (Å²) < 4.78 is 24.8. The van der Waals surface area contributed by atoms with E-state index in [4.69, 9.17) is 0 Å². The highest BCUT2D eigenvalue weighted by atomic mass is 32.2. The molecule has 0 aliphatic heterocycles. The summed E-state index contributed by atoms with van der Waals surface area (Å²) in [5.74, 6) is 0.652. The maximum atomic E-state index is 11.1. The third-order valence-electron chi connectivity index (χ3n) is 4.13. The highest BCUT2D eigenvalue weighted by Crippen LogP contribution is 2.34. The van der Waals surface area contributed by atoms with Gasteiger partial charge in [-0.3, -0.25) is 0 Å². The van der Waals surface area contributed by atoms with Crippen LogP contribution in [-0.2, 0) is 10.0 Å². The van der Waals surface area contributed by atoms with E-state index in [1.165, 1.54) is 43.9 Å². The summed E-state index contributed by atoms with van der Waals surface area (Å²) in [6.45, 7) is 1.10. The Labute approximate surface area is 128 Å². The number of sulfonamides is 1. The molecule has 4 nitrogen and oxygen atoms in total. The van der Waals surface area contributed by atoms with Crippen LogP contribution in [0.15, 0.2) is 30.3 Å². The molecule has 1 atom stereocenters. The lowest BCUT2D eigenvalue weighted by atomic mass is 9.81. The molecule has 0 spiro atoms. The van der Waals surface area contributed by atoms with Crippen molar-refractivity contribution < 1.29 is 8.42 Å². The first-order valence-corrected chi connectivity index (χ1v) is 9.68. The predicted octanol–water partition coefficient (Wildman–Crippen LogP) is 2.45. The fraction of sp³-hybridized carbons (Fsp3) is 0.625. The zero-order chi connectivity index (χ0) is 15.1. The van der Waals surface area contributed by atoms with Crippen LogP contribution in [0, 0.1) is 5.92 Å². The van der Waals surface area contributed by atoms with Gasteiger partial charge >= 0.3 is 0 Å². The van der Waals surface area contributed by atoms with Crippen LogP contribution >= 0.6 is 0 Å². The lowest BCUT2D eigenvalue weighted by Crippen LogP contribution is -2.36. The summed E-state index contributed by atoms with van der Waals surface area (Å²) in [6.07, 6.45) is 7.66. The normalized spacial score (nSPS) is 18.5. The zero-order valence-electron chi connectivity index (χ0n) is 12.7. The van der Waals surface area contributed by atoms with E-state index in [-0.39, 0.29) is 0 Å². The second-order valence-electron chi connectivity index (χ2n) is 5.91. The van der Waals surface area contributed by atoms with Crippen LogP contribution in [0.1, 0.15) is 43.7 Å². The predicted molar refractivity (Wildman–Crippen MR) is 86.6 cm³/mol. The van der Waals surface area contributed by atoms with Gasteiger partial charge in [-0.25, -0.2) is 13.1 Å². The second kappa shape index (κ2) is 7.92. The minimum absolute atomic E-state index is 0.327. The Morgan fingerprint density at radius 2 is 1.76 bits per heavy atom. The van der Waals surface area contributed by atoms with Crippen molar-refractivity contribution in [2.75, 3.05) is 19.3 Å². The van der Waals surface area contributed by atoms with E-state index in [1.54, 1.807) is 0 Å². The van der Waals surface area contributed by atoms with Gasteiger partial charge in [0.15, 0.2) is 0 Å². The Morgan fingerprint density at radius 1 is 1.10 bits per heavy atom. The van der Waals surface area contributed by atoms with E-state index in [1.807, 2.05) is 6.07 Å². The molecule has 0 saturated heterocycles. The Balaban J connectivity index is 1.95. The van der Waals surface area contributed by atoms with Crippen LogP contribution < -0.4 is 10.0 Å². The first-order valence-electron chi connectivity index (χ1n) is 7.79. The number of nitrogens with one attached hydrogen (secondary N) is 2. The first kappa shape index (κ1) is 16.5. The molecule has 2 N–H and O–H groups in total. The molecule has 1 aliphatic rings. The van der Waals surface area contributed by atoms with E-state index in [2.05, 4.69) is 34.3 Å². The highest BCUT2D eigenvalue weighted by molar-refractivity contribution is 7.88. The van der Waals surface area contributed by atoms with Gasteiger partial charge in [0.25, 0.3) is 0 Å². The van der Waals surface area contributed by atoms with Gasteiger partial charge in [-0.2, -0.15) is 0 Å². The number of benzene rings is 1. The minimum atomic E-state index is -3.10. The fourth-order valence-corrected chi connectivity index (χ4v) is 3.62. The van der Waals surface area contributed by atoms with Gasteiger partial charge in [-0.15, -0.1) is 0 Å². The quantitative estimate of drug-likeness (QED) is 0.761. The molecule has 1 aromatic carbocycles. The molecule has 1 fully saturated rings. The van der Waals surface area contributed by atoms with E-state index in [9.17, 15) is 8.42 Å². The van der Waals surface area contributed by atoms with E-state index in [0.29, 0.717) is 25.0 Å². The fourth-order valence-electron chi connectivity index (χ4n) is 3.15. The van der Waals surface area contributed by atoms with Gasteiger partial charge < -0.3 is 5.32 Å². The van der Waals surface area contributed by atoms with Gasteiger partial charge in [0, 0.05) is 19.1 Å². The Bertz CT molecular complexity index is 510. The number of hydrogen-bond donors (Lipinski definition) is 2. The molecule has 21 heavy (non-hydrogen) atoms. The van der Waals surface area contributed by atoms with Crippen LogP contribution in [0.4, 0.5) is 0 Å². The summed E-state index contributed by atoms with van der Waals surface area (Å²) >= 11 is 0. The molecule has 1 unspecified atom stereocenters. The van der Waals surface area contributed by atoms with Crippen molar-refractivity contribution in [2.24, 2.45) is 5.92 Å². The lowest BCUT2D eigenvalue weighted by molar-refractivity contribution is 0.272. The lowest BCUT2D eigenvalue weighted by Gasteiger charge is -2.31. The zero-order valence-corrected chi connectivity index (χ0v) is 13.5. The van der Waals surface area contributed by atoms with Gasteiger partial charge in [0.05, 0.1) is 6.26 Å². The molecular formula is C16H26N2O2S. The molecule has 0 bridgehead atoms. The SMILES string of the molecule is CS(=O)(=O)NCCNC(c1ccccc1)C1CCCCC1. The van der Waals surface area contributed by atoms with Gasteiger partial charge in [0.2, 0.25) is 10.0 Å². The molecule has 1 aromatic rings. The maximum Gasteiger partial charge on any atom is 0.208 e. The average molecular weight is 310 g/mol. The van der Waals surface area contributed by atoms with Crippen LogP contribution in [-0.4, -0.2) is 27.8 Å². The van der Waals surface area contributed by atoms with Gasteiger partial charge in [-0.05, 0) is 24.3 Å². The summed E-state index contributed by atoms with van der Waals surface area (Å²) in [4.78, 5) is 0. The van der Waals surface area contributed by atoms with Gasteiger partial charge in [0.1, 0.15) is 0 Å². The molecule has 1 aliphatic carbocycles. The highest BCUT2D eigenvalue weighted by Gasteiger charge is 2.24. The van der Waals surface area contributed by atoms with Crippen LogP contribution in [0.25, 0.3) is 0 Å². The molecular weight excluding hydrogens is 284 g/mol. The third kappa shape index (κ3) is 5.77. The van der Waals surface area contributed by atoms with Crippen molar-refractivity contribution in [1.82, 2.24) is 10.0 Å². The van der Waals surface area contributed by atoms with Crippen molar-refractivity contribution >= 4 is 10.0 Å². The van der Waals surface area contributed by atoms with E-state index < -0.39 is 10.0 Å². The standard InChI is InChI=1S/C16H26N2O2S/c1-21(19,20)18-13-12-17-16(14-8-4-2-5-9-14)15-10-6-3-7-11-15/h2,4-5,8-9,15-18H,3,6-7,10-13H2,1H3. The molecule has 0 heterocycles. The first-order chi connectivity index (χ1) is 10.1. The molecule has 0 aromatic heterocycles. The average Bonchev–Trinajstić information content (AvgIpc) is 2.48. The molecule has 0 radical (unpaired) electrons. The molecule has 2 rings (SSSR count). The molecule has 0 amide bonds. The Hall–Kier alpha value is -0.910. The molecule has 5 heteroatoms. The molecule has 1 saturated carbocycles. The van der Waals surface area contributed by atoms with E-state index >= 15 is 0 Å². The molecule has 118 valence electrons. The van der Waals surface area contributed by atoms with Crippen LogP contribution in [0.3, 0.4) is 0 Å². The largest absolute Gasteiger partial charge is 0.308 e. The Kier molecular flexibility index (Phi) is 6.21. The summed E-state index contributed by atoms with van der Waals surface area (Å²) in [5.41, 5.74) is 1.31. The van der Waals surface area contributed by atoms with Crippen molar-refractivity contribution in [3.63, 3.8) is 0 Å². The van der Waals surface area contributed by atoms with Crippen molar-refractivity contribution in [3.8, 4) is 0 Å². The summed E-state index contributed by atoms with van der Waals surface area (Å²) in [7, 11) is -3.10. The summed E-state index contributed by atoms with van der Waals surface area (Å²) in [5, 5.41) is 3.55. The smallest absolute Gasteiger partial charge is 0.208 e. The third-order valence-corrected chi connectivity index (χ3v) is 4.86. The number of rotatable bonds is 7.